The summed E-state index contributed by atoms with van der Waals surface area (Å²) in [6.45, 7) is 3.08. The van der Waals surface area contributed by atoms with Crippen LogP contribution >= 0.6 is 15.6 Å². The molecule has 34 nitrogen and oxygen atoms in total. The number of rotatable bonds is 17. The summed E-state index contributed by atoms with van der Waals surface area (Å²) in [5.74, 6) is -3.05. The number of imidazole rings is 2. The first kappa shape index (κ1) is 59.2. The first-order valence-corrected chi connectivity index (χ1v) is 28.3. The van der Waals surface area contributed by atoms with E-state index < -0.39 is 113 Å². The number of hydrogen-bond donors (Lipinski definition) is 10. The number of phosphoric ester groups is 2. The predicted octanol–water partition coefficient (Wildman–Crippen LogP) is -0.106. The molecule has 9 rings (SSSR count). The SMILES string of the molecule is CC(C)C(NC(=O)CCCCCN1C(=O)C=CC1=O)C(=O)N[C@@H](C)C(=O)Nc1ccc(COC(=O)Nc2ncnc3c2ncn3C2OC3COP(=O)(O)OC4C(COP(=O)(O)OC2C3O)OC(n2cnc3c(=O)[nH]c(N)nc32)C4O)cc1. The summed E-state index contributed by atoms with van der Waals surface area (Å²) in [6.07, 6.45) is -7.40. The topological polar surface area (TPSA) is 467 Å². The van der Waals surface area contributed by atoms with Crippen molar-refractivity contribution in [1.29, 1.82) is 0 Å². The number of nitrogens with zero attached hydrogens (tertiary/aromatic N) is 8. The number of carbonyl (C=O) groups excluding carboxylic acids is 6. The zero-order chi connectivity index (χ0) is 58.8. The van der Waals surface area contributed by atoms with Gasteiger partial charge in [-0.1, -0.05) is 32.4 Å². The maximum atomic E-state index is 13.6. The molecule has 0 spiro atoms. The lowest BCUT2D eigenvalue weighted by molar-refractivity contribution is -0.137. The molecule has 82 heavy (non-hydrogen) atoms. The predicted molar refractivity (Wildman–Crippen MR) is 277 cm³/mol. The molecule has 11 N–H and O–H groups in total. The minimum absolute atomic E-state index is 0.0718. The Balaban J connectivity index is 0.772. The Morgan fingerprint density at radius 1 is 0.780 bits per heavy atom. The van der Waals surface area contributed by atoms with Gasteiger partial charge in [0.25, 0.3) is 17.4 Å². The van der Waals surface area contributed by atoms with Gasteiger partial charge in [0.2, 0.25) is 23.7 Å². The molecule has 1 aromatic carbocycles. The normalized spacial score (nSPS) is 27.3. The summed E-state index contributed by atoms with van der Waals surface area (Å²) in [7, 11) is -10.5. The number of nitrogens with one attached hydrogen (secondary N) is 5. The maximum absolute atomic E-state index is 13.6. The first-order valence-electron chi connectivity index (χ1n) is 25.3. The number of ether oxygens (including phenoxy) is 3. The summed E-state index contributed by atoms with van der Waals surface area (Å²) in [4.78, 5) is 134. The molecule has 0 radical (unpaired) electrons. The van der Waals surface area contributed by atoms with E-state index in [1.165, 1.54) is 31.2 Å². The van der Waals surface area contributed by atoms with Crippen molar-refractivity contribution in [3.8, 4) is 0 Å². The number of aromatic amines is 1. The van der Waals surface area contributed by atoms with Crippen LogP contribution < -0.4 is 32.6 Å². The van der Waals surface area contributed by atoms with Crippen molar-refractivity contribution in [1.82, 2.24) is 54.6 Å². The van der Waals surface area contributed by atoms with Gasteiger partial charge in [-0.05, 0) is 43.4 Å². The van der Waals surface area contributed by atoms with Gasteiger partial charge >= 0.3 is 21.7 Å². The number of phosphoric acid groups is 2. The fourth-order valence-electron chi connectivity index (χ4n) is 9.12. The Bertz CT molecular complexity index is 3430. The number of H-pyrrole nitrogens is 1. The highest BCUT2D eigenvalue weighted by molar-refractivity contribution is 7.47. The Kier molecular flexibility index (Phi) is 17.7. The third-order valence-corrected chi connectivity index (χ3v) is 15.3. The van der Waals surface area contributed by atoms with Crippen LogP contribution in [0.25, 0.3) is 22.3 Å². The smallest absolute Gasteiger partial charge is 0.444 e. The third-order valence-electron chi connectivity index (χ3n) is 13.3. The van der Waals surface area contributed by atoms with Crippen LogP contribution in [0.2, 0.25) is 0 Å². The monoisotopic (exact) mass is 1190 g/mol. The molecule has 4 aromatic heterocycles. The van der Waals surface area contributed by atoms with Crippen LogP contribution in [0, 0.1) is 5.92 Å². The quantitative estimate of drug-likeness (QED) is 0.0330. The Labute approximate surface area is 462 Å². The standard InChI is InChI=1S/C46H56N14O20P2/c1-21(2)30(54-27(61)7-5-4-6-14-58-28(62)12-13-29(58)63)41(67)52-22(3)40(66)53-24-10-8-23(9-11-24)15-74-46(69)55-37-31-38(49-18-48-37)59(19-50-31)44-36-33(64)25(77-44)16-75-81(70,71)79-35-26(17-76-82(72,73)80-36)78-43(34(35)65)60-20-51-32-39(60)56-45(47)57-42(32)68/h8-13,18-22,25-26,30,33-36,43-44,64-65H,4-7,14-17H2,1-3H3,(H,52,67)(H,53,66)(H,54,61)(H,70,71)(H,72,73)(H3,47,56,57,68)(H,48,49,55,69)/t22-,25?,26?,30?,33?,34?,35?,36?,43?,44?/m0/s1. The highest BCUT2D eigenvalue weighted by atomic mass is 31.2. The number of nitrogen functional groups attached to an aromatic ring is 1. The number of unbranched alkanes of at least 4 members (excludes halogenated alkanes) is 2. The number of aliphatic hydroxyl groups is 2. The maximum Gasteiger partial charge on any atom is 0.472 e. The van der Waals surface area contributed by atoms with E-state index in [4.69, 9.17) is 38.0 Å². The van der Waals surface area contributed by atoms with Crippen molar-refractivity contribution in [2.75, 3.05) is 36.1 Å². The van der Waals surface area contributed by atoms with Crippen LogP contribution in [0.1, 0.15) is 64.5 Å². The van der Waals surface area contributed by atoms with Crippen molar-refractivity contribution in [3.63, 3.8) is 0 Å². The van der Waals surface area contributed by atoms with Gasteiger partial charge in [-0.3, -0.25) is 71.2 Å². The Hall–Kier alpha value is -7.46. The molecule has 2 bridgehead atoms. The third kappa shape index (κ3) is 13.4. The van der Waals surface area contributed by atoms with Gasteiger partial charge in [0.1, 0.15) is 61.6 Å². The molecule has 440 valence electrons. The van der Waals surface area contributed by atoms with Crippen LogP contribution in [0.5, 0.6) is 0 Å². The van der Waals surface area contributed by atoms with Gasteiger partial charge in [-0.15, -0.1) is 0 Å². The lowest BCUT2D eigenvalue weighted by Gasteiger charge is -2.25. The molecule has 6 amide bonds. The summed E-state index contributed by atoms with van der Waals surface area (Å²) >= 11 is 0. The number of anilines is 3. The van der Waals surface area contributed by atoms with Gasteiger partial charge in [-0.2, -0.15) is 4.98 Å². The zero-order valence-electron chi connectivity index (χ0n) is 43.6. The fraction of sp³-hybridized carbons (Fsp3) is 0.478. The minimum atomic E-state index is -5.28. The number of nitrogens with two attached hydrogens (primary N) is 1. The number of imide groups is 1. The Morgan fingerprint density at radius 3 is 2.12 bits per heavy atom. The van der Waals surface area contributed by atoms with E-state index in [2.05, 4.69) is 51.2 Å². The largest absolute Gasteiger partial charge is 0.472 e. The van der Waals surface area contributed by atoms with E-state index in [1.807, 2.05) is 0 Å². The lowest BCUT2D eigenvalue weighted by atomic mass is 10.0. The molecule has 3 fully saturated rings. The highest BCUT2D eigenvalue weighted by Gasteiger charge is 2.54. The number of aliphatic hydroxyl groups excluding tert-OH is 2. The second kappa shape index (κ2) is 24.6. The van der Waals surface area contributed by atoms with Crippen LogP contribution in [-0.2, 0) is 72.0 Å². The molecule has 8 heterocycles. The summed E-state index contributed by atoms with van der Waals surface area (Å²) in [5, 5.41) is 33.2. The Morgan fingerprint density at radius 2 is 1.43 bits per heavy atom. The van der Waals surface area contributed by atoms with E-state index in [0.29, 0.717) is 30.5 Å². The summed E-state index contributed by atoms with van der Waals surface area (Å²) in [6, 6.07) is 4.24. The molecule has 0 aliphatic carbocycles. The number of amides is 6. The van der Waals surface area contributed by atoms with E-state index in [-0.39, 0.29) is 77.3 Å². The second-order valence-corrected chi connectivity index (χ2v) is 22.3. The minimum Gasteiger partial charge on any atom is -0.444 e. The van der Waals surface area contributed by atoms with Crippen molar-refractivity contribution in [2.45, 2.75) is 114 Å². The van der Waals surface area contributed by atoms with Crippen molar-refractivity contribution in [2.24, 2.45) is 5.92 Å². The highest BCUT2D eigenvalue weighted by Crippen LogP contribution is 2.54. The first-order chi connectivity index (χ1) is 39.0. The molecule has 11 unspecified atom stereocenters. The number of hydrogen-bond acceptors (Lipinski definition) is 24. The van der Waals surface area contributed by atoms with Crippen molar-refractivity contribution >= 4 is 91.1 Å². The average Bonchev–Trinajstić information content (AvgIpc) is 3.06. The zero-order valence-corrected chi connectivity index (χ0v) is 45.4. The number of carbonyl (C=O) groups is 6. The molecule has 4 aliphatic heterocycles. The lowest BCUT2D eigenvalue weighted by Crippen LogP contribution is -2.53. The van der Waals surface area contributed by atoms with E-state index >= 15 is 0 Å². The number of benzene rings is 1. The van der Waals surface area contributed by atoms with Crippen LogP contribution in [0.4, 0.5) is 22.2 Å². The number of aromatic nitrogens is 8. The summed E-state index contributed by atoms with van der Waals surface area (Å²) < 4.78 is 67.7. The summed E-state index contributed by atoms with van der Waals surface area (Å²) in [5.41, 5.74) is 5.29. The molecule has 36 heteroatoms. The fourth-order valence-corrected chi connectivity index (χ4v) is 11.0. The van der Waals surface area contributed by atoms with Gasteiger partial charge in [0.05, 0.1) is 25.9 Å². The van der Waals surface area contributed by atoms with E-state index in [1.54, 1.807) is 26.0 Å². The molecular weight excluding hydrogens is 1130 g/mol. The molecule has 12 atom stereocenters. The molecule has 3 saturated heterocycles. The molecule has 0 saturated carbocycles. The number of fused-ring (bicyclic) bond motifs is 5. The van der Waals surface area contributed by atoms with Crippen molar-refractivity contribution in [3.05, 3.63) is 71.3 Å². The van der Waals surface area contributed by atoms with E-state index in [9.17, 15) is 62.7 Å². The second-order valence-electron chi connectivity index (χ2n) is 19.5. The van der Waals surface area contributed by atoms with Crippen LogP contribution in [0.3, 0.4) is 0 Å². The van der Waals surface area contributed by atoms with Crippen LogP contribution in [0.15, 0.2) is 60.2 Å². The van der Waals surface area contributed by atoms with Crippen molar-refractivity contribution < 1.29 is 90.2 Å². The van der Waals surface area contributed by atoms with Gasteiger partial charge in [0, 0.05) is 30.8 Å². The molecule has 4 aliphatic rings. The van der Waals surface area contributed by atoms with Gasteiger partial charge in [-0.25, -0.2) is 33.9 Å². The van der Waals surface area contributed by atoms with Gasteiger partial charge < -0.3 is 55.9 Å². The molecular formula is C46H56N14O20P2. The molecule has 5 aromatic rings. The van der Waals surface area contributed by atoms with E-state index in [0.717, 1.165) is 33.0 Å². The average molecular weight is 1190 g/mol. The van der Waals surface area contributed by atoms with Crippen LogP contribution in [-0.4, -0.2) is 168 Å². The van der Waals surface area contributed by atoms with Gasteiger partial charge in [0.15, 0.2) is 40.6 Å².